The summed E-state index contributed by atoms with van der Waals surface area (Å²) in [4.78, 5) is 3.96. The first-order valence-corrected chi connectivity index (χ1v) is 6.47. The molecule has 0 radical (unpaired) electrons. The minimum Gasteiger partial charge on any atom is -0.459 e. The van der Waals surface area contributed by atoms with Crippen molar-refractivity contribution in [2.24, 2.45) is 0 Å². The van der Waals surface area contributed by atoms with Crippen molar-refractivity contribution in [3.05, 3.63) is 59.6 Å². The fraction of sp³-hybridized carbons (Fsp3) is 0.133. The number of pyridine rings is 1. The Morgan fingerprint density at radius 3 is 2.84 bits per heavy atom. The molecule has 96 valence electrons. The van der Waals surface area contributed by atoms with E-state index >= 15 is 0 Å². The third kappa shape index (κ3) is 2.56. The van der Waals surface area contributed by atoms with Crippen molar-refractivity contribution in [1.82, 2.24) is 4.98 Å². The summed E-state index contributed by atoms with van der Waals surface area (Å²) in [7, 11) is 0. The molecule has 0 spiro atoms. The second kappa shape index (κ2) is 4.94. The van der Waals surface area contributed by atoms with Gasteiger partial charge < -0.3 is 9.73 Å². The molecular formula is C15H13ClN2O. The van der Waals surface area contributed by atoms with Crippen LogP contribution in [0.1, 0.15) is 18.7 Å². The Kier molecular flexibility index (Phi) is 3.13. The molecule has 19 heavy (non-hydrogen) atoms. The summed E-state index contributed by atoms with van der Waals surface area (Å²) in [6, 6.07) is 13.8. The van der Waals surface area contributed by atoms with Crippen molar-refractivity contribution in [2.75, 3.05) is 5.32 Å². The number of halogens is 1. The SMILES string of the molecule is CC(Nc1ccnc(Cl)c1)c1cc2ccccc2o1. The molecule has 0 saturated carbocycles. The van der Waals surface area contributed by atoms with Crippen molar-refractivity contribution < 1.29 is 4.42 Å². The van der Waals surface area contributed by atoms with Gasteiger partial charge in [0.25, 0.3) is 0 Å². The first-order chi connectivity index (χ1) is 9.22. The van der Waals surface area contributed by atoms with E-state index in [1.165, 1.54) is 0 Å². The van der Waals surface area contributed by atoms with Crippen LogP contribution in [0, 0.1) is 0 Å². The minimum absolute atomic E-state index is 0.0610. The maximum atomic E-state index is 5.86. The summed E-state index contributed by atoms with van der Waals surface area (Å²) in [6.07, 6.45) is 1.68. The molecule has 0 bridgehead atoms. The summed E-state index contributed by atoms with van der Waals surface area (Å²) in [5.74, 6) is 0.897. The van der Waals surface area contributed by atoms with E-state index in [1.54, 1.807) is 12.3 Å². The van der Waals surface area contributed by atoms with E-state index in [9.17, 15) is 0 Å². The summed E-state index contributed by atoms with van der Waals surface area (Å²) in [6.45, 7) is 2.05. The lowest BCUT2D eigenvalue weighted by Gasteiger charge is -2.12. The lowest BCUT2D eigenvalue weighted by molar-refractivity contribution is 0.526. The molecule has 0 fully saturated rings. The predicted molar refractivity (Wildman–Crippen MR) is 77.5 cm³/mol. The smallest absolute Gasteiger partial charge is 0.134 e. The Hall–Kier alpha value is -2.00. The number of nitrogens with zero attached hydrogens (tertiary/aromatic N) is 1. The molecule has 2 aromatic heterocycles. The number of hydrogen-bond acceptors (Lipinski definition) is 3. The molecule has 3 aromatic rings. The van der Waals surface area contributed by atoms with Gasteiger partial charge in [-0.3, -0.25) is 0 Å². The third-order valence-electron chi connectivity index (χ3n) is 2.98. The molecule has 4 heteroatoms. The predicted octanol–water partition coefficient (Wildman–Crippen LogP) is 4.65. The highest BCUT2D eigenvalue weighted by molar-refractivity contribution is 6.29. The van der Waals surface area contributed by atoms with Crippen molar-refractivity contribution in [1.29, 1.82) is 0 Å². The second-order valence-electron chi connectivity index (χ2n) is 4.42. The number of aromatic nitrogens is 1. The topological polar surface area (TPSA) is 38.1 Å². The maximum Gasteiger partial charge on any atom is 0.134 e. The van der Waals surface area contributed by atoms with E-state index in [2.05, 4.69) is 16.4 Å². The van der Waals surface area contributed by atoms with Crippen LogP contribution in [0.3, 0.4) is 0 Å². The van der Waals surface area contributed by atoms with Crippen LogP contribution in [0.4, 0.5) is 5.69 Å². The first-order valence-electron chi connectivity index (χ1n) is 6.09. The van der Waals surface area contributed by atoms with E-state index in [1.807, 2.05) is 37.3 Å². The summed E-state index contributed by atoms with van der Waals surface area (Å²) >= 11 is 5.86. The van der Waals surface area contributed by atoms with Crippen LogP contribution in [0.2, 0.25) is 5.15 Å². The van der Waals surface area contributed by atoms with Gasteiger partial charge in [0.2, 0.25) is 0 Å². The number of rotatable bonds is 3. The molecule has 1 atom stereocenters. The number of anilines is 1. The van der Waals surface area contributed by atoms with Crippen LogP contribution in [0.25, 0.3) is 11.0 Å². The van der Waals surface area contributed by atoms with Gasteiger partial charge in [-0.1, -0.05) is 29.8 Å². The quantitative estimate of drug-likeness (QED) is 0.705. The average molecular weight is 273 g/mol. The maximum absolute atomic E-state index is 5.86. The zero-order valence-corrected chi connectivity index (χ0v) is 11.2. The van der Waals surface area contributed by atoms with E-state index < -0.39 is 0 Å². The average Bonchev–Trinajstić information content (AvgIpc) is 2.82. The Balaban J connectivity index is 1.85. The fourth-order valence-corrected chi connectivity index (χ4v) is 2.20. The van der Waals surface area contributed by atoms with E-state index in [0.717, 1.165) is 22.4 Å². The van der Waals surface area contributed by atoms with Gasteiger partial charge in [-0.15, -0.1) is 0 Å². The normalized spacial score (nSPS) is 12.5. The molecule has 0 aliphatic carbocycles. The molecule has 0 saturated heterocycles. The highest BCUT2D eigenvalue weighted by Crippen LogP contribution is 2.26. The molecule has 1 aromatic carbocycles. The molecule has 3 nitrogen and oxygen atoms in total. The number of para-hydroxylation sites is 1. The lowest BCUT2D eigenvalue weighted by Crippen LogP contribution is -2.05. The van der Waals surface area contributed by atoms with Gasteiger partial charge in [-0.25, -0.2) is 4.98 Å². The summed E-state index contributed by atoms with van der Waals surface area (Å²) in [5.41, 5.74) is 1.83. The number of hydrogen-bond donors (Lipinski definition) is 1. The van der Waals surface area contributed by atoms with Gasteiger partial charge in [0.1, 0.15) is 16.5 Å². The van der Waals surface area contributed by atoms with Gasteiger partial charge in [-0.2, -0.15) is 0 Å². The van der Waals surface area contributed by atoms with Crippen LogP contribution in [0.15, 0.2) is 53.1 Å². The molecular weight excluding hydrogens is 260 g/mol. The Bertz CT molecular complexity index is 675. The van der Waals surface area contributed by atoms with Gasteiger partial charge in [0, 0.05) is 17.3 Å². The third-order valence-corrected chi connectivity index (χ3v) is 3.19. The Morgan fingerprint density at radius 2 is 2.05 bits per heavy atom. The zero-order chi connectivity index (χ0) is 13.2. The van der Waals surface area contributed by atoms with Gasteiger partial charge in [-0.05, 0) is 31.2 Å². The van der Waals surface area contributed by atoms with E-state index in [-0.39, 0.29) is 6.04 Å². The number of fused-ring (bicyclic) bond motifs is 1. The number of nitrogens with one attached hydrogen (secondary N) is 1. The monoisotopic (exact) mass is 272 g/mol. The van der Waals surface area contributed by atoms with Gasteiger partial charge in [0.15, 0.2) is 0 Å². The molecule has 3 rings (SSSR count). The number of furan rings is 1. The summed E-state index contributed by atoms with van der Waals surface area (Å²) in [5, 5.41) is 4.93. The Morgan fingerprint density at radius 1 is 1.21 bits per heavy atom. The highest BCUT2D eigenvalue weighted by atomic mass is 35.5. The highest BCUT2D eigenvalue weighted by Gasteiger charge is 2.11. The number of benzene rings is 1. The van der Waals surface area contributed by atoms with Crippen LogP contribution in [-0.2, 0) is 0 Å². The van der Waals surface area contributed by atoms with Crippen LogP contribution >= 0.6 is 11.6 Å². The molecule has 1 N–H and O–H groups in total. The molecule has 0 aliphatic heterocycles. The van der Waals surface area contributed by atoms with Crippen LogP contribution in [0.5, 0.6) is 0 Å². The molecule has 0 aliphatic rings. The van der Waals surface area contributed by atoms with Crippen molar-refractivity contribution >= 4 is 28.3 Å². The fourth-order valence-electron chi connectivity index (χ4n) is 2.03. The van der Waals surface area contributed by atoms with Crippen molar-refractivity contribution in [2.45, 2.75) is 13.0 Å². The Labute approximate surface area is 116 Å². The van der Waals surface area contributed by atoms with Crippen molar-refractivity contribution in [3.63, 3.8) is 0 Å². The summed E-state index contributed by atoms with van der Waals surface area (Å²) < 4.78 is 5.82. The van der Waals surface area contributed by atoms with E-state index in [4.69, 9.17) is 16.0 Å². The van der Waals surface area contributed by atoms with Crippen LogP contribution < -0.4 is 5.32 Å². The first kappa shape index (κ1) is 12.1. The second-order valence-corrected chi connectivity index (χ2v) is 4.81. The van der Waals surface area contributed by atoms with Gasteiger partial charge in [0.05, 0.1) is 6.04 Å². The standard InChI is InChI=1S/C15H13ClN2O/c1-10(18-12-6-7-17-15(16)9-12)14-8-11-4-2-3-5-13(11)19-14/h2-10H,1H3,(H,17,18). The van der Waals surface area contributed by atoms with E-state index in [0.29, 0.717) is 5.15 Å². The van der Waals surface area contributed by atoms with Gasteiger partial charge >= 0.3 is 0 Å². The molecule has 0 amide bonds. The van der Waals surface area contributed by atoms with Crippen molar-refractivity contribution in [3.8, 4) is 0 Å². The van der Waals surface area contributed by atoms with Crippen LogP contribution in [-0.4, -0.2) is 4.98 Å². The molecule has 1 unspecified atom stereocenters. The molecule has 2 heterocycles. The minimum atomic E-state index is 0.0610. The largest absolute Gasteiger partial charge is 0.459 e. The lowest BCUT2D eigenvalue weighted by atomic mass is 10.2. The zero-order valence-electron chi connectivity index (χ0n) is 10.4.